The van der Waals surface area contributed by atoms with E-state index >= 15 is 4.39 Å². The van der Waals surface area contributed by atoms with Crippen molar-refractivity contribution in [3.05, 3.63) is 120 Å². The molecule has 0 saturated heterocycles. The van der Waals surface area contributed by atoms with Gasteiger partial charge >= 0.3 is 0 Å². The van der Waals surface area contributed by atoms with Crippen LogP contribution < -0.4 is 0 Å². The number of rotatable bonds is 10. The molecule has 4 rings (SSSR count). The van der Waals surface area contributed by atoms with Crippen LogP contribution in [0, 0.1) is 17.7 Å². The summed E-state index contributed by atoms with van der Waals surface area (Å²) in [6.45, 7) is 6.02. The Labute approximate surface area is 215 Å². The fraction of sp³-hybridized carbons (Fsp3) is 0.257. The predicted octanol–water partition coefficient (Wildman–Crippen LogP) is 9.68. The zero-order valence-electron chi connectivity index (χ0n) is 21.3. The maximum absolute atomic E-state index is 15.4. The van der Waals surface area contributed by atoms with Gasteiger partial charge in [-0.1, -0.05) is 105 Å². The lowest BCUT2D eigenvalue weighted by atomic mass is 9.97. The Morgan fingerprint density at radius 3 is 2.14 bits per heavy atom. The summed E-state index contributed by atoms with van der Waals surface area (Å²) < 4.78 is 15.4. The molecule has 182 valence electrons. The van der Waals surface area contributed by atoms with E-state index < -0.39 is 0 Å². The van der Waals surface area contributed by atoms with Crippen LogP contribution in [-0.4, -0.2) is 0 Å². The van der Waals surface area contributed by atoms with Crippen molar-refractivity contribution in [3.63, 3.8) is 0 Å². The van der Waals surface area contributed by atoms with Gasteiger partial charge in [0.05, 0.1) is 0 Å². The lowest BCUT2D eigenvalue weighted by Gasteiger charge is -2.08. The molecule has 0 radical (unpaired) electrons. The Morgan fingerprint density at radius 2 is 1.39 bits per heavy atom. The van der Waals surface area contributed by atoms with E-state index in [2.05, 4.69) is 61.7 Å². The minimum absolute atomic E-state index is 0.184. The summed E-state index contributed by atoms with van der Waals surface area (Å²) in [4.78, 5) is 0. The van der Waals surface area contributed by atoms with E-state index in [0.29, 0.717) is 10.9 Å². The van der Waals surface area contributed by atoms with E-state index in [4.69, 9.17) is 0 Å². The maximum atomic E-state index is 15.4. The van der Waals surface area contributed by atoms with Crippen molar-refractivity contribution in [2.24, 2.45) is 0 Å². The number of benzene rings is 4. The highest BCUT2D eigenvalue weighted by molar-refractivity contribution is 5.89. The Kier molecular flexibility index (Phi) is 9.12. The minimum Gasteiger partial charge on any atom is -0.206 e. The summed E-state index contributed by atoms with van der Waals surface area (Å²) in [5.41, 5.74) is 6.02. The third kappa shape index (κ3) is 6.73. The van der Waals surface area contributed by atoms with Crippen LogP contribution in [0.1, 0.15) is 67.7 Å². The van der Waals surface area contributed by atoms with E-state index in [-0.39, 0.29) is 5.82 Å². The van der Waals surface area contributed by atoms with Crippen molar-refractivity contribution in [1.29, 1.82) is 0 Å². The second-order valence-electron chi connectivity index (χ2n) is 9.50. The molecular formula is C35H35F. The fourth-order valence-corrected chi connectivity index (χ4v) is 4.54. The van der Waals surface area contributed by atoms with Gasteiger partial charge in [0.25, 0.3) is 0 Å². The van der Waals surface area contributed by atoms with Crippen LogP contribution in [0.2, 0.25) is 0 Å². The van der Waals surface area contributed by atoms with E-state index in [1.54, 1.807) is 0 Å². The first-order chi connectivity index (χ1) is 17.7. The van der Waals surface area contributed by atoms with Gasteiger partial charge in [-0.3, -0.25) is 0 Å². The fourth-order valence-electron chi connectivity index (χ4n) is 4.54. The standard InChI is InChI=1S/C35H35F/c1-3-5-7-8-9-11-28-12-14-29(15-13-28)16-17-30-20-24-34-32(26-30)23-25-33(35(34)36)31-21-18-27(19-22-31)10-6-4-2/h4,12-15,18-26H,2-3,5-11H2,1H3. The molecule has 1 heteroatoms. The second kappa shape index (κ2) is 12.9. The van der Waals surface area contributed by atoms with Gasteiger partial charge in [0.2, 0.25) is 0 Å². The van der Waals surface area contributed by atoms with Crippen LogP contribution in [-0.2, 0) is 12.8 Å². The summed E-state index contributed by atoms with van der Waals surface area (Å²) in [6, 6.07) is 26.3. The zero-order chi connectivity index (χ0) is 25.2. The highest BCUT2D eigenvalue weighted by Crippen LogP contribution is 2.30. The Bertz CT molecular complexity index is 1350. The van der Waals surface area contributed by atoms with Crippen molar-refractivity contribution in [2.45, 2.75) is 58.3 Å². The first-order valence-corrected chi connectivity index (χ1v) is 13.2. The van der Waals surface area contributed by atoms with Crippen molar-refractivity contribution in [2.75, 3.05) is 0 Å². The van der Waals surface area contributed by atoms with Crippen LogP contribution in [0.15, 0.2) is 91.5 Å². The monoisotopic (exact) mass is 474 g/mol. The van der Waals surface area contributed by atoms with Gasteiger partial charge < -0.3 is 0 Å². The van der Waals surface area contributed by atoms with Crippen LogP contribution in [0.4, 0.5) is 4.39 Å². The molecule has 0 saturated carbocycles. The minimum atomic E-state index is -0.184. The highest BCUT2D eigenvalue weighted by atomic mass is 19.1. The van der Waals surface area contributed by atoms with Gasteiger partial charge in [0.15, 0.2) is 0 Å². The number of allylic oxidation sites excluding steroid dienone is 1. The van der Waals surface area contributed by atoms with Gasteiger partial charge in [0.1, 0.15) is 5.82 Å². The molecule has 4 aromatic rings. The maximum Gasteiger partial charge on any atom is 0.138 e. The van der Waals surface area contributed by atoms with Crippen LogP contribution in [0.25, 0.3) is 21.9 Å². The molecule has 0 aliphatic rings. The van der Waals surface area contributed by atoms with Crippen molar-refractivity contribution >= 4 is 10.8 Å². The summed E-state index contributed by atoms with van der Waals surface area (Å²) in [5, 5.41) is 1.49. The number of hydrogen-bond donors (Lipinski definition) is 0. The molecule has 0 spiro atoms. The third-order valence-electron chi connectivity index (χ3n) is 6.73. The molecule has 0 aromatic heterocycles. The molecule has 0 unspecified atom stereocenters. The molecule has 0 aliphatic heterocycles. The summed E-state index contributed by atoms with van der Waals surface area (Å²) in [7, 11) is 0. The largest absolute Gasteiger partial charge is 0.206 e. The molecule has 0 N–H and O–H groups in total. The second-order valence-corrected chi connectivity index (χ2v) is 9.50. The van der Waals surface area contributed by atoms with E-state index in [1.165, 1.54) is 43.2 Å². The third-order valence-corrected chi connectivity index (χ3v) is 6.73. The van der Waals surface area contributed by atoms with Crippen molar-refractivity contribution in [1.82, 2.24) is 0 Å². The highest BCUT2D eigenvalue weighted by Gasteiger charge is 2.10. The Morgan fingerprint density at radius 1 is 0.722 bits per heavy atom. The van der Waals surface area contributed by atoms with Crippen molar-refractivity contribution < 1.29 is 4.39 Å². The average molecular weight is 475 g/mol. The molecule has 0 nitrogen and oxygen atoms in total. The van der Waals surface area contributed by atoms with Gasteiger partial charge in [-0.2, -0.15) is 0 Å². The summed E-state index contributed by atoms with van der Waals surface area (Å²) >= 11 is 0. The van der Waals surface area contributed by atoms with Crippen LogP contribution >= 0.6 is 0 Å². The van der Waals surface area contributed by atoms with E-state index in [1.807, 2.05) is 48.5 Å². The van der Waals surface area contributed by atoms with E-state index in [9.17, 15) is 0 Å². The topological polar surface area (TPSA) is 0 Å². The Hall–Kier alpha value is -3.63. The molecule has 0 atom stereocenters. The van der Waals surface area contributed by atoms with Gasteiger partial charge in [-0.05, 0) is 72.0 Å². The molecule has 0 fully saturated rings. The lowest BCUT2D eigenvalue weighted by Crippen LogP contribution is -1.89. The molecule has 0 aliphatic carbocycles. The number of fused-ring (bicyclic) bond motifs is 1. The lowest BCUT2D eigenvalue weighted by molar-refractivity contribution is 0.632. The molecule has 0 amide bonds. The van der Waals surface area contributed by atoms with Crippen molar-refractivity contribution in [3.8, 4) is 23.0 Å². The number of aryl methyl sites for hydroxylation is 2. The number of halogens is 1. The first-order valence-electron chi connectivity index (χ1n) is 13.2. The van der Waals surface area contributed by atoms with Gasteiger partial charge in [-0.15, -0.1) is 6.58 Å². The molecule has 0 bridgehead atoms. The Balaban J connectivity index is 1.45. The molecule has 4 aromatic carbocycles. The molecular weight excluding hydrogens is 439 g/mol. The summed E-state index contributed by atoms with van der Waals surface area (Å²) in [5.74, 6) is 6.32. The zero-order valence-corrected chi connectivity index (χ0v) is 21.3. The molecule has 0 heterocycles. The SMILES string of the molecule is C=CCCc1ccc(-c2ccc3cc(C#Cc4ccc(CCCCCCC)cc4)ccc3c2F)cc1. The first kappa shape index (κ1) is 25.5. The van der Waals surface area contributed by atoms with Gasteiger partial charge in [-0.25, -0.2) is 4.39 Å². The smallest absolute Gasteiger partial charge is 0.138 e. The normalized spacial score (nSPS) is 10.7. The van der Waals surface area contributed by atoms with Crippen LogP contribution in [0.5, 0.6) is 0 Å². The predicted molar refractivity (Wildman–Crippen MR) is 153 cm³/mol. The number of hydrogen-bond acceptors (Lipinski definition) is 0. The average Bonchev–Trinajstić information content (AvgIpc) is 2.92. The molecule has 36 heavy (non-hydrogen) atoms. The quantitative estimate of drug-likeness (QED) is 0.122. The van der Waals surface area contributed by atoms with Gasteiger partial charge in [0, 0.05) is 22.1 Å². The van der Waals surface area contributed by atoms with Crippen LogP contribution in [0.3, 0.4) is 0 Å². The number of unbranched alkanes of at least 4 members (excludes halogenated alkanes) is 4. The van der Waals surface area contributed by atoms with E-state index in [0.717, 1.165) is 41.3 Å². The summed E-state index contributed by atoms with van der Waals surface area (Å²) in [6.07, 6.45) is 11.5.